The van der Waals surface area contributed by atoms with Crippen molar-refractivity contribution in [2.75, 3.05) is 5.73 Å². The Hall–Kier alpha value is -2.37. The first kappa shape index (κ1) is 14.0. The standard InChI is InChI=1S/C14H19N5O/c1-14(2,3)18-12(20)8-19-9-16-7-11(19)10-5-4-6-17-13(10)15/h4-7,9H,8H2,1-3H3,(H2,15,17)(H,18,20). The Bertz CT molecular complexity index is 612. The van der Waals surface area contributed by atoms with Gasteiger partial charge in [-0.05, 0) is 32.9 Å². The van der Waals surface area contributed by atoms with Crippen LogP contribution in [0, 0.1) is 0 Å². The maximum absolute atomic E-state index is 12.0. The van der Waals surface area contributed by atoms with Crippen molar-refractivity contribution in [2.24, 2.45) is 0 Å². The van der Waals surface area contributed by atoms with Crippen LogP contribution in [0.5, 0.6) is 0 Å². The molecule has 1 amide bonds. The predicted octanol–water partition coefficient (Wildman–Crippen LogP) is 1.44. The second-order valence-electron chi connectivity index (χ2n) is 5.64. The summed E-state index contributed by atoms with van der Waals surface area (Å²) < 4.78 is 1.76. The minimum atomic E-state index is -0.259. The molecule has 2 aromatic heterocycles. The van der Waals surface area contributed by atoms with E-state index in [1.165, 1.54) is 0 Å². The van der Waals surface area contributed by atoms with Gasteiger partial charge in [0.1, 0.15) is 12.4 Å². The molecule has 2 rings (SSSR count). The number of rotatable bonds is 3. The number of anilines is 1. The summed E-state index contributed by atoms with van der Waals surface area (Å²) in [5.74, 6) is 0.352. The maximum atomic E-state index is 12.0. The van der Waals surface area contributed by atoms with Crippen molar-refractivity contribution in [3.63, 3.8) is 0 Å². The van der Waals surface area contributed by atoms with E-state index in [4.69, 9.17) is 5.73 Å². The highest BCUT2D eigenvalue weighted by Gasteiger charge is 2.16. The number of nitrogens with one attached hydrogen (secondary N) is 1. The van der Waals surface area contributed by atoms with Crippen LogP contribution in [-0.4, -0.2) is 26.0 Å². The summed E-state index contributed by atoms with van der Waals surface area (Å²) in [4.78, 5) is 20.1. The summed E-state index contributed by atoms with van der Waals surface area (Å²) in [7, 11) is 0. The number of nitrogens with zero attached hydrogens (tertiary/aromatic N) is 3. The fourth-order valence-corrected chi connectivity index (χ4v) is 1.92. The third kappa shape index (κ3) is 3.34. The van der Waals surface area contributed by atoms with Crippen LogP contribution >= 0.6 is 0 Å². The van der Waals surface area contributed by atoms with E-state index in [-0.39, 0.29) is 18.0 Å². The third-order valence-corrected chi connectivity index (χ3v) is 2.66. The first-order valence-corrected chi connectivity index (χ1v) is 6.39. The number of imidazole rings is 1. The van der Waals surface area contributed by atoms with Gasteiger partial charge >= 0.3 is 0 Å². The Morgan fingerprint density at radius 3 is 2.85 bits per heavy atom. The van der Waals surface area contributed by atoms with Crippen LogP contribution in [0.1, 0.15) is 20.8 Å². The van der Waals surface area contributed by atoms with E-state index in [0.29, 0.717) is 5.82 Å². The summed E-state index contributed by atoms with van der Waals surface area (Å²) >= 11 is 0. The number of nitrogen functional groups attached to an aromatic ring is 1. The van der Waals surface area contributed by atoms with Crippen LogP contribution in [-0.2, 0) is 11.3 Å². The van der Waals surface area contributed by atoms with Gasteiger partial charge in [-0.15, -0.1) is 0 Å². The summed E-state index contributed by atoms with van der Waals surface area (Å²) in [6.45, 7) is 6.03. The average Bonchev–Trinajstić information content (AvgIpc) is 2.75. The van der Waals surface area contributed by atoms with Gasteiger partial charge in [-0.2, -0.15) is 0 Å². The Labute approximate surface area is 118 Å². The largest absolute Gasteiger partial charge is 0.383 e. The van der Waals surface area contributed by atoms with Gasteiger partial charge in [-0.25, -0.2) is 9.97 Å². The molecule has 6 nitrogen and oxygen atoms in total. The van der Waals surface area contributed by atoms with Gasteiger partial charge in [0.25, 0.3) is 0 Å². The molecule has 0 fully saturated rings. The molecule has 0 aliphatic rings. The molecular weight excluding hydrogens is 254 g/mol. The first-order chi connectivity index (χ1) is 9.37. The Morgan fingerprint density at radius 1 is 1.45 bits per heavy atom. The molecule has 0 spiro atoms. The number of carbonyl (C=O) groups is 1. The zero-order chi connectivity index (χ0) is 14.8. The molecule has 20 heavy (non-hydrogen) atoms. The number of hydrogen-bond acceptors (Lipinski definition) is 4. The van der Waals surface area contributed by atoms with Gasteiger partial charge < -0.3 is 15.6 Å². The van der Waals surface area contributed by atoms with Crippen molar-refractivity contribution >= 4 is 11.7 Å². The minimum Gasteiger partial charge on any atom is -0.383 e. The molecule has 0 aliphatic carbocycles. The SMILES string of the molecule is CC(C)(C)NC(=O)Cn1cncc1-c1cccnc1N. The first-order valence-electron chi connectivity index (χ1n) is 6.39. The van der Waals surface area contributed by atoms with Crippen molar-refractivity contribution in [2.45, 2.75) is 32.9 Å². The summed E-state index contributed by atoms with van der Waals surface area (Å²) in [5, 5.41) is 2.92. The van der Waals surface area contributed by atoms with Crippen LogP contribution in [0.25, 0.3) is 11.3 Å². The molecule has 0 aromatic carbocycles. The summed E-state index contributed by atoms with van der Waals surface area (Å²) in [6, 6.07) is 3.66. The summed E-state index contributed by atoms with van der Waals surface area (Å²) in [6.07, 6.45) is 4.92. The number of pyridine rings is 1. The normalized spacial score (nSPS) is 11.3. The fraction of sp³-hybridized carbons (Fsp3) is 0.357. The molecule has 0 radical (unpaired) electrons. The van der Waals surface area contributed by atoms with E-state index in [2.05, 4.69) is 15.3 Å². The third-order valence-electron chi connectivity index (χ3n) is 2.66. The van der Waals surface area contributed by atoms with Gasteiger partial charge in [0.05, 0.1) is 18.2 Å². The molecule has 6 heteroatoms. The zero-order valence-electron chi connectivity index (χ0n) is 11.9. The van der Waals surface area contributed by atoms with Crippen LogP contribution in [0.2, 0.25) is 0 Å². The molecular formula is C14H19N5O. The van der Waals surface area contributed by atoms with Crippen molar-refractivity contribution < 1.29 is 4.79 Å². The monoisotopic (exact) mass is 273 g/mol. The number of carbonyl (C=O) groups excluding carboxylic acids is 1. The van der Waals surface area contributed by atoms with Crippen LogP contribution < -0.4 is 11.1 Å². The Balaban J connectivity index is 2.22. The van der Waals surface area contributed by atoms with E-state index < -0.39 is 0 Å². The highest BCUT2D eigenvalue weighted by atomic mass is 16.2. The molecule has 0 bridgehead atoms. The lowest BCUT2D eigenvalue weighted by Gasteiger charge is -2.21. The smallest absolute Gasteiger partial charge is 0.240 e. The van der Waals surface area contributed by atoms with E-state index in [1.54, 1.807) is 29.4 Å². The molecule has 0 unspecified atom stereocenters. The summed E-state index contributed by atoms with van der Waals surface area (Å²) in [5.41, 5.74) is 7.15. The quantitative estimate of drug-likeness (QED) is 0.886. The van der Waals surface area contributed by atoms with E-state index in [0.717, 1.165) is 11.3 Å². The van der Waals surface area contributed by atoms with E-state index in [9.17, 15) is 4.79 Å². The maximum Gasteiger partial charge on any atom is 0.240 e. The highest BCUT2D eigenvalue weighted by Crippen LogP contribution is 2.23. The van der Waals surface area contributed by atoms with E-state index >= 15 is 0 Å². The Morgan fingerprint density at radius 2 is 2.20 bits per heavy atom. The molecule has 0 saturated heterocycles. The zero-order valence-corrected chi connectivity index (χ0v) is 11.9. The molecule has 0 aliphatic heterocycles. The minimum absolute atomic E-state index is 0.0702. The second-order valence-corrected chi connectivity index (χ2v) is 5.64. The highest BCUT2D eigenvalue weighted by molar-refractivity contribution is 5.78. The average molecular weight is 273 g/mol. The number of nitrogens with two attached hydrogens (primary N) is 1. The topological polar surface area (TPSA) is 85.8 Å². The van der Waals surface area contributed by atoms with Crippen LogP contribution in [0.15, 0.2) is 30.9 Å². The molecule has 2 aromatic rings. The van der Waals surface area contributed by atoms with Crippen molar-refractivity contribution in [3.05, 3.63) is 30.9 Å². The van der Waals surface area contributed by atoms with Crippen LogP contribution in [0.3, 0.4) is 0 Å². The fourth-order valence-electron chi connectivity index (χ4n) is 1.92. The number of aromatic nitrogens is 3. The lowest BCUT2D eigenvalue weighted by Crippen LogP contribution is -2.42. The van der Waals surface area contributed by atoms with E-state index in [1.807, 2.05) is 26.8 Å². The molecule has 3 N–H and O–H groups in total. The molecule has 0 atom stereocenters. The second kappa shape index (κ2) is 5.32. The van der Waals surface area contributed by atoms with Crippen molar-refractivity contribution in [3.8, 4) is 11.3 Å². The lowest BCUT2D eigenvalue weighted by molar-refractivity contribution is -0.123. The molecule has 2 heterocycles. The number of amides is 1. The molecule has 0 saturated carbocycles. The molecule has 106 valence electrons. The van der Waals surface area contributed by atoms with Gasteiger partial charge in [0.2, 0.25) is 5.91 Å². The van der Waals surface area contributed by atoms with Crippen molar-refractivity contribution in [1.29, 1.82) is 0 Å². The van der Waals surface area contributed by atoms with Gasteiger partial charge in [0.15, 0.2) is 0 Å². The lowest BCUT2D eigenvalue weighted by atomic mass is 10.1. The van der Waals surface area contributed by atoms with Gasteiger partial charge in [-0.3, -0.25) is 4.79 Å². The van der Waals surface area contributed by atoms with Gasteiger partial charge in [0, 0.05) is 17.3 Å². The predicted molar refractivity (Wildman–Crippen MR) is 77.8 cm³/mol. The van der Waals surface area contributed by atoms with Gasteiger partial charge in [-0.1, -0.05) is 0 Å². The van der Waals surface area contributed by atoms with Crippen molar-refractivity contribution in [1.82, 2.24) is 19.9 Å². The Kier molecular flexibility index (Phi) is 3.74. The number of hydrogen-bond donors (Lipinski definition) is 2. The van der Waals surface area contributed by atoms with Crippen LogP contribution in [0.4, 0.5) is 5.82 Å².